The Balaban J connectivity index is 2.06. The van der Waals surface area contributed by atoms with Crippen LogP contribution >= 0.6 is 23.2 Å². The van der Waals surface area contributed by atoms with E-state index in [4.69, 9.17) is 27.9 Å². The van der Waals surface area contributed by atoms with Crippen molar-refractivity contribution in [1.29, 1.82) is 0 Å². The van der Waals surface area contributed by atoms with E-state index in [1.165, 1.54) is 20.0 Å². The minimum absolute atomic E-state index is 0.0483. The number of ketones is 1. The number of nitrogens with zero attached hydrogens (tertiary/aromatic N) is 2. The van der Waals surface area contributed by atoms with Gasteiger partial charge < -0.3 is 20.1 Å². The summed E-state index contributed by atoms with van der Waals surface area (Å²) in [5, 5.41) is 31.5. The van der Waals surface area contributed by atoms with E-state index in [2.05, 4.69) is 4.98 Å². The first kappa shape index (κ1) is 28.6. The number of carbonyl (C=O) groups excluding carboxylic acids is 1. The highest BCUT2D eigenvalue weighted by Gasteiger charge is 2.67. The first-order valence-electron chi connectivity index (χ1n) is 12.1. The number of carbonyl (C=O) groups is 1. The van der Waals surface area contributed by atoms with Crippen LogP contribution in [0.4, 0.5) is 4.48 Å². The summed E-state index contributed by atoms with van der Waals surface area (Å²) in [6.07, 6.45) is -0.327. The van der Waals surface area contributed by atoms with Crippen LogP contribution in [-0.2, 0) is 27.2 Å². The van der Waals surface area contributed by atoms with E-state index in [1.807, 2.05) is 0 Å². The second-order valence-corrected chi connectivity index (χ2v) is 10.6. The van der Waals surface area contributed by atoms with Gasteiger partial charge in [0, 0.05) is 41.9 Å². The molecule has 0 bridgehead atoms. The molecule has 0 saturated carbocycles. The summed E-state index contributed by atoms with van der Waals surface area (Å²) in [6, 6.07) is 16.5. The molecule has 0 aliphatic carbocycles. The number of ether oxygens (including phenoxy) is 1. The molecule has 0 fully saturated rings. The Morgan fingerprint density at radius 3 is 2.26 bits per heavy atom. The molecule has 7 nitrogen and oxygen atoms in total. The Labute approximate surface area is 230 Å². The summed E-state index contributed by atoms with van der Waals surface area (Å²) in [5.74, 6) is -0.968. The van der Waals surface area contributed by atoms with Crippen molar-refractivity contribution in [3.8, 4) is 0 Å². The molecular weight excluding hydrogens is 534 g/mol. The Kier molecular flexibility index (Phi) is 8.26. The average molecular weight is 563 g/mol. The van der Waals surface area contributed by atoms with Gasteiger partial charge in [0.1, 0.15) is 11.6 Å². The predicted octanol–water partition coefficient (Wildman–Crippen LogP) is 4.33. The number of fused-ring (bicyclic) bond motifs is 1. The molecule has 0 radical (unpaired) electrons. The van der Waals surface area contributed by atoms with Crippen molar-refractivity contribution >= 4 is 29.0 Å². The standard InChI is InChI=1S/C28H29Cl2FN2O5/c1-18(36)25(37)28(38-26(2,17-35)13-14-34)24-6-4-3-5-23(24)27(33(28)31,19-7-9-20(29)10-8-19)15-22-12-11-21(30)16-32-22/h3-12,16,18,34-36H,13-15,17H2,1-2H3/t18?,26?,27-,28?/m1/s1. The Morgan fingerprint density at radius 2 is 1.71 bits per heavy atom. The van der Waals surface area contributed by atoms with E-state index >= 15 is 4.48 Å². The monoisotopic (exact) mass is 562 g/mol. The number of aliphatic hydroxyl groups is 3. The molecule has 0 amide bonds. The molecule has 3 unspecified atom stereocenters. The molecule has 2 aromatic carbocycles. The van der Waals surface area contributed by atoms with E-state index in [-0.39, 0.29) is 25.0 Å². The van der Waals surface area contributed by atoms with Crippen LogP contribution < -0.4 is 0 Å². The van der Waals surface area contributed by atoms with Crippen molar-refractivity contribution in [3.63, 3.8) is 0 Å². The highest BCUT2D eigenvalue weighted by Crippen LogP contribution is 2.57. The second-order valence-electron chi connectivity index (χ2n) is 9.71. The summed E-state index contributed by atoms with van der Waals surface area (Å²) in [7, 11) is 0. The molecular formula is C28H29Cl2FN2O5. The van der Waals surface area contributed by atoms with Gasteiger partial charge >= 0.3 is 0 Å². The van der Waals surface area contributed by atoms with E-state index < -0.39 is 35.4 Å². The Bertz CT molecular complexity index is 1290. The van der Waals surface area contributed by atoms with Gasteiger partial charge in [-0.2, -0.15) is 0 Å². The fraction of sp³-hybridized carbons (Fsp3) is 0.357. The van der Waals surface area contributed by atoms with Gasteiger partial charge in [0.15, 0.2) is 0 Å². The number of Topliss-reactive ketones (excluding diaryl/α,β-unsaturated/α-hetero) is 1. The predicted molar refractivity (Wildman–Crippen MR) is 141 cm³/mol. The lowest BCUT2D eigenvalue weighted by Gasteiger charge is -2.44. The van der Waals surface area contributed by atoms with Gasteiger partial charge in [0.25, 0.3) is 0 Å². The molecule has 3 N–H and O–H groups in total. The first-order chi connectivity index (χ1) is 18.0. The van der Waals surface area contributed by atoms with Crippen molar-refractivity contribution < 1.29 is 29.3 Å². The Hall–Kier alpha value is -2.43. The molecule has 3 aromatic rings. The zero-order valence-corrected chi connectivity index (χ0v) is 22.5. The highest BCUT2D eigenvalue weighted by atomic mass is 35.5. The van der Waals surface area contributed by atoms with Crippen molar-refractivity contribution in [3.05, 3.63) is 99.3 Å². The smallest absolute Gasteiger partial charge is 0.238 e. The van der Waals surface area contributed by atoms with Crippen LogP contribution in [0.25, 0.3) is 0 Å². The van der Waals surface area contributed by atoms with Crippen molar-refractivity contribution in [2.24, 2.45) is 0 Å². The Morgan fingerprint density at radius 1 is 1.08 bits per heavy atom. The number of halogens is 3. The number of pyridine rings is 1. The van der Waals surface area contributed by atoms with Gasteiger partial charge in [-0.25, -0.2) is 0 Å². The van der Waals surface area contributed by atoms with Crippen LogP contribution in [0.1, 0.15) is 42.7 Å². The summed E-state index contributed by atoms with van der Waals surface area (Å²) in [4.78, 5) is 18.2. The SMILES string of the molecule is CC(O)C(=O)C1(OC(C)(CO)CCO)c2ccccc2[C@@](Cc2ccc(Cl)cn2)(c2ccc(Cl)cc2)N1F. The van der Waals surface area contributed by atoms with E-state index in [0.29, 0.717) is 32.0 Å². The average Bonchev–Trinajstić information content (AvgIpc) is 3.11. The molecule has 2 heterocycles. The maximum absolute atomic E-state index is 17.6. The van der Waals surface area contributed by atoms with E-state index in [9.17, 15) is 20.1 Å². The van der Waals surface area contributed by atoms with Gasteiger partial charge in [-0.05, 0) is 49.2 Å². The molecule has 1 aliphatic rings. The molecule has 38 heavy (non-hydrogen) atoms. The minimum Gasteiger partial charge on any atom is -0.396 e. The van der Waals surface area contributed by atoms with Crippen LogP contribution in [0.5, 0.6) is 0 Å². The van der Waals surface area contributed by atoms with Crippen molar-refractivity contribution in [2.75, 3.05) is 13.2 Å². The molecule has 1 aliphatic heterocycles. The lowest BCUT2D eigenvalue weighted by atomic mass is 9.79. The lowest BCUT2D eigenvalue weighted by Crippen LogP contribution is -2.59. The highest BCUT2D eigenvalue weighted by molar-refractivity contribution is 6.30. The number of rotatable bonds is 10. The summed E-state index contributed by atoms with van der Waals surface area (Å²) >= 11 is 12.2. The van der Waals surface area contributed by atoms with Gasteiger partial charge in [0.2, 0.25) is 11.5 Å². The van der Waals surface area contributed by atoms with Gasteiger partial charge in [-0.1, -0.05) is 64.7 Å². The first-order valence-corrected chi connectivity index (χ1v) is 12.9. The van der Waals surface area contributed by atoms with Crippen molar-refractivity contribution in [2.45, 2.75) is 49.7 Å². The molecule has 0 saturated heterocycles. The normalized spacial score (nSPS) is 23.6. The van der Waals surface area contributed by atoms with Crippen molar-refractivity contribution in [1.82, 2.24) is 10.1 Å². The summed E-state index contributed by atoms with van der Waals surface area (Å²) < 4.78 is 23.8. The topological polar surface area (TPSA) is 103 Å². The zero-order valence-electron chi connectivity index (χ0n) is 20.9. The number of benzene rings is 2. The van der Waals surface area contributed by atoms with Crippen LogP contribution in [0.2, 0.25) is 10.0 Å². The van der Waals surface area contributed by atoms with Crippen LogP contribution in [0.3, 0.4) is 0 Å². The second kappa shape index (κ2) is 11.0. The minimum atomic E-state index is -2.47. The van der Waals surface area contributed by atoms with Gasteiger partial charge in [0.05, 0.1) is 17.2 Å². The molecule has 4 atom stereocenters. The number of aliphatic hydroxyl groups excluding tert-OH is 3. The van der Waals surface area contributed by atoms with E-state index in [1.54, 1.807) is 60.7 Å². The maximum Gasteiger partial charge on any atom is 0.238 e. The molecule has 0 spiro atoms. The van der Waals surface area contributed by atoms with Gasteiger partial charge in [-0.15, -0.1) is 4.48 Å². The number of hydrogen-bond acceptors (Lipinski definition) is 7. The molecule has 1 aromatic heterocycles. The van der Waals surface area contributed by atoms with Crippen LogP contribution in [0, 0.1) is 0 Å². The quantitative estimate of drug-likeness (QED) is 0.316. The fourth-order valence-corrected chi connectivity index (χ4v) is 5.31. The fourth-order valence-electron chi connectivity index (χ4n) is 5.07. The largest absolute Gasteiger partial charge is 0.396 e. The third kappa shape index (κ3) is 4.75. The summed E-state index contributed by atoms with van der Waals surface area (Å²) in [5.41, 5.74) is -4.18. The maximum atomic E-state index is 17.6. The van der Waals surface area contributed by atoms with Crippen LogP contribution in [-0.4, -0.2) is 56.1 Å². The van der Waals surface area contributed by atoms with E-state index in [0.717, 1.165) is 0 Å². The lowest BCUT2D eigenvalue weighted by molar-refractivity contribution is -0.297. The number of aromatic nitrogens is 1. The molecule has 4 rings (SSSR count). The van der Waals surface area contributed by atoms with Gasteiger partial charge in [-0.3, -0.25) is 9.78 Å². The number of hydrogen-bond donors (Lipinski definition) is 3. The molecule has 10 heteroatoms. The zero-order chi connectivity index (χ0) is 27.7. The van der Waals surface area contributed by atoms with Crippen LogP contribution in [0.15, 0.2) is 66.9 Å². The third-order valence-electron chi connectivity index (χ3n) is 6.98. The third-order valence-corrected chi connectivity index (χ3v) is 7.45. The molecule has 202 valence electrons. The summed E-state index contributed by atoms with van der Waals surface area (Å²) in [6.45, 7) is 1.70.